The molecule has 13 heavy (non-hydrogen) atoms. The van der Waals surface area contributed by atoms with E-state index in [2.05, 4.69) is 0 Å². The summed E-state index contributed by atoms with van der Waals surface area (Å²) in [4.78, 5) is 0. The highest BCUT2D eigenvalue weighted by Gasteiger charge is 2.16. The zero-order chi connectivity index (χ0) is 9.14. The monoisotopic (exact) mass is 227 g/mol. The molecule has 1 nitrogen and oxygen atoms in total. The van der Waals surface area contributed by atoms with E-state index in [1.165, 1.54) is 12.1 Å². The third-order valence-electron chi connectivity index (χ3n) is 1.53. The van der Waals surface area contributed by atoms with E-state index >= 15 is 0 Å². The van der Waals surface area contributed by atoms with Crippen LogP contribution < -0.4 is 5.73 Å². The molecule has 0 saturated carbocycles. The minimum absolute atomic E-state index is 0. The zero-order valence-corrected chi connectivity index (χ0v) is 8.16. The van der Waals surface area contributed by atoms with Crippen LogP contribution in [0.3, 0.4) is 0 Å². The van der Waals surface area contributed by atoms with Crippen LogP contribution in [0.1, 0.15) is 11.6 Å². The van der Waals surface area contributed by atoms with Gasteiger partial charge in [0, 0.05) is 5.02 Å². The van der Waals surface area contributed by atoms with E-state index in [0.29, 0.717) is 10.6 Å². The van der Waals surface area contributed by atoms with Gasteiger partial charge in [-0.25, -0.2) is 8.78 Å². The smallest absolute Gasteiger partial charge is 0.257 e. The third kappa shape index (κ3) is 3.46. The summed E-state index contributed by atoms with van der Waals surface area (Å²) in [5.41, 5.74) is 5.59. The Balaban J connectivity index is 0.00000144. The Kier molecular flexibility index (Phi) is 5.21. The molecule has 0 aromatic heterocycles. The number of benzene rings is 1. The van der Waals surface area contributed by atoms with Crippen LogP contribution >= 0.6 is 24.0 Å². The van der Waals surface area contributed by atoms with Crippen molar-refractivity contribution < 1.29 is 8.78 Å². The number of hydrogen-bond donors (Lipinski definition) is 1. The SMILES string of the molecule is Cl.N[C@@H](c1ccc(Cl)cc1)C(F)F. The summed E-state index contributed by atoms with van der Waals surface area (Å²) in [6, 6.07) is 4.86. The molecule has 0 heterocycles. The normalized spacial score (nSPS) is 12.4. The molecule has 2 N–H and O–H groups in total. The zero-order valence-electron chi connectivity index (χ0n) is 6.58. The van der Waals surface area contributed by atoms with Gasteiger partial charge in [0.2, 0.25) is 0 Å². The predicted octanol–water partition coefficient (Wildman–Crippen LogP) is 3.03. The lowest BCUT2D eigenvalue weighted by molar-refractivity contribution is 0.116. The number of halogens is 4. The molecule has 0 aliphatic carbocycles. The number of nitrogens with two attached hydrogens (primary N) is 1. The van der Waals surface area contributed by atoms with Crippen molar-refractivity contribution in [3.05, 3.63) is 34.9 Å². The minimum atomic E-state index is -2.54. The molecule has 0 spiro atoms. The maximum absolute atomic E-state index is 12.1. The molecule has 0 aliphatic heterocycles. The van der Waals surface area contributed by atoms with Gasteiger partial charge < -0.3 is 5.73 Å². The molecule has 0 aliphatic rings. The van der Waals surface area contributed by atoms with Crippen LogP contribution in [-0.2, 0) is 0 Å². The molecule has 1 atom stereocenters. The van der Waals surface area contributed by atoms with E-state index in [1.54, 1.807) is 12.1 Å². The molecule has 0 saturated heterocycles. The first-order chi connectivity index (χ1) is 5.61. The van der Waals surface area contributed by atoms with E-state index in [-0.39, 0.29) is 12.4 Å². The second-order valence-electron chi connectivity index (χ2n) is 2.41. The largest absolute Gasteiger partial charge is 0.319 e. The molecule has 0 bridgehead atoms. The van der Waals surface area contributed by atoms with Crippen molar-refractivity contribution in [1.29, 1.82) is 0 Å². The first-order valence-corrected chi connectivity index (χ1v) is 3.78. The van der Waals surface area contributed by atoms with Crippen LogP contribution in [0, 0.1) is 0 Å². The van der Waals surface area contributed by atoms with Gasteiger partial charge in [-0.2, -0.15) is 0 Å². The maximum atomic E-state index is 12.1. The van der Waals surface area contributed by atoms with Gasteiger partial charge in [-0.3, -0.25) is 0 Å². The highest BCUT2D eigenvalue weighted by molar-refractivity contribution is 6.30. The Morgan fingerprint density at radius 3 is 2.00 bits per heavy atom. The van der Waals surface area contributed by atoms with Gasteiger partial charge in [-0.05, 0) is 17.7 Å². The first-order valence-electron chi connectivity index (χ1n) is 3.40. The summed E-state index contributed by atoms with van der Waals surface area (Å²) in [7, 11) is 0. The van der Waals surface area contributed by atoms with Crippen molar-refractivity contribution in [3.63, 3.8) is 0 Å². The van der Waals surface area contributed by atoms with E-state index in [1.807, 2.05) is 0 Å². The molecular weight excluding hydrogens is 219 g/mol. The van der Waals surface area contributed by atoms with Gasteiger partial charge in [-0.15, -0.1) is 12.4 Å². The average Bonchev–Trinajstić information content (AvgIpc) is 2.04. The second-order valence-corrected chi connectivity index (χ2v) is 2.85. The Morgan fingerprint density at radius 2 is 1.62 bits per heavy atom. The Hall–Kier alpha value is -0.380. The first kappa shape index (κ1) is 12.6. The van der Waals surface area contributed by atoms with Gasteiger partial charge in [-0.1, -0.05) is 23.7 Å². The molecule has 1 aromatic rings. The van der Waals surface area contributed by atoms with E-state index in [9.17, 15) is 8.78 Å². The summed E-state index contributed by atoms with van der Waals surface area (Å²) in [6.07, 6.45) is -2.54. The highest BCUT2D eigenvalue weighted by atomic mass is 35.5. The Bertz CT molecular complexity index is 251. The lowest BCUT2D eigenvalue weighted by Crippen LogP contribution is -2.18. The molecule has 0 amide bonds. The van der Waals surface area contributed by atoms with Crippen LogP contribution in [0.4, 0.5) is 8.78 Å². The molecule has 1 rings (SSSR count). The fraction of sp³-hybridized carbons (Fsp3) is 0.250. The molecule has 74 valence electrons. The average molecular weight is 228 g/mol. The van der Waals surface area contributed by atoms with Crippen molar-refractivity contribution in [3.8, 4) is 0 Å². The molecule has 0 unspecified atom stereocenters. The fourth-order valence-corrected chi connectivity index (χ4v) is 0.956. The summed E-state index contributed by atoms with van der Waals surface area (Å²) in [5.74, 6) is 0. The predicted molar refractivity (Wildman–Crippen MR) is 51.6 cm³/mol. The summed E-state index contributed by atoms with van der Waals surface area (Å²) >= 11 is 5.57. The van der Waals surface area contributed by atoms with E-state index in [0.717, 1.165) is 0 Å². The number of alkyl halides is 2. The topological polar surface area (TPSA) is 26.0 Å². The van der Waals surface area contributed by atoms with Crippen LogP contribution in [0.15, 0.2) is 24.3 Å². The molecular formula is C8H9Cl2F2N. The van der Waals surface area contributed by atoms with Crippen molar-refractivity contribution in [1.82, 2.24) is 0 Å². The van der Waals surface area contributed by atoms with Crippen molar-refractivity contribution >= 4 is 24.0 Å². The minimum Gasteiger partial charge on any atom is -0.319 e. The summed E-state index contributed by atoms with van der Waals surface area (Å²) < 4.78 is 24.1. The molecule has 0 radical (unpaired) electrons. The van der Waals surface area contributed by atoms with E-state index < -0.39 is 12.5 Å². The van der Waals surface area contributed by atoms with Gasteiger partial charge in [0.1, 0.15) is 0 Å². The van der Waals surface area contributed by atoms with Crippen molar-refractivity contribution in [2.45, 2.75) is 12.5 Å². The quantitative estimate of drug-likeness (QED) is 0.827. The van der Waals surface area contributed by atoms with Gasteiger partial charge in [0.05, 0.1) is 6.04 Å². The Labute approximate surface area is 86.3 Å². The summed E-state index contributed by atoms with van der Waals surface area (Å²) in [5, 5.41) is 0.514. The maximum Gasteiger partial charge on any atom is 0.257 e. The lowest BCUT2D eigenvalue weighted by Gasteiger charge is -2.09. The van der Waals surface area contributed by atoms with Crippen molar-refractivity contribution in [2.24, 2.45) is 5.73 Å². The lowest BCUT2D eigenvalue weighted by atomic mass is 10.1. The number of rotatable bonds is 2. The van der Waals surface area contributed by atoms with Crippen LogP contribution in [-0.4, -0.2) is 6.43 Å². The van der Waals surface area contributed by atoms with Crippen molar-refractivity contribution in [2.75, 3.05) is 0 Å². The third-order valence-corrected chi connectivity index (χ3v) is 1.78. The summed E-state index contributed by atoms with van der Waals surface area (Å²) in [6.45, 7) is 0. The fourth-order valence-electron chi connectivity index (χ4n) is 0.830. The van der Waals surface area contributed by atoms with Gasteiger partial charge >= 0.3 is 0 Å². The van der Waals surface area contributed by atoms with Gasteiger partial charge in [0.25, 0.3) is 6.43 Å². The van der Waals surface area contributed by atoms with Crippen LogP contribution in [0.5, 0.6) is 0 Å². The van der Waals surface area contributed by atoms with Crippen LogP contribution in [0.2, 0.25) is 5.02 Å². The van der Waals surface area contributed by atoms with Gasteiger partial charge in [0.15, 0.2) is 0 Å². The molecule has 0 fully saturated rings. The number of hydrogen-bond acceptors (Lipinski definition) is 1. The standard InChI is InChI=1S/C8H8ClF2N.ClH/c9-6-3-1-5(2-4-6)7(12)8(10)11;/h1-4,7-8H,12H2;1H/t7-;/m0./s1. The van der Waals surface area contributed by atoms with E-state index in [4.69, 9.17) is 17.3 Å². The Morgan fingerprint density at radius 1 is 1.15 bits per heavy atom. The highest BCUT2D eigenvalue weighted by Crippen LogP contribution is 2.19. The second kappa shape index (κ2) is 5.37. The molecule has 1 aromatic carbocycles. The van der Waals surface area contributed by atoms with Crippen LogP contribution in [0.25, 0.3) is 0 Å². The molecule has 5 heteroatoms.